The highest BCUT2D eigenvalue weighted by Gasteiger charge is 2.37. The Hall–Kier alpha value is -1.47. The zero-order valence-electron chi connectivity index (χ0n) is 11.5. The topological polar surface area (TPSA) is 60.9 Å². The number of halogens is 3. The van der Waals surface area contributed by atoms with E-state index >= 15 is 0 Å². The normalized spacial score (nSPS) is 23.6. The van der Waals surface area contributed by atoms with E-state index in [0.29, 0.717) is 17.9 Å². The number of carbonyl (C=O) groups is 2. The first kappa shape index (κ1) is 16.6. The highest BCUT2D eigenvalue weighted by atomic mass is 19.4. The molecular weight excluding hydrogens is 277 g/mol. The van der Waals surface area contributed by atoms with Crippen LogP contribution >= 0.6 is 0 Å². The van der Waals surface area contributed by atoms with Crippen LogP contribution in [0.5, 0.6) is 0 Å². The molecule has 2 atom stereocenters. The van der Waals surface area contributed by atoms with Crippen LogP contribution in [0.2, 0.25) is 0 Å². The third-order valence-electron chi connectivity index (χ3n) is 3.33. The number of carboxylic acids is 1. The maximum atomic E-state index is 12.5. The number of urea groups is 1. The fraction of sp³-hybridized carbons (Fsp3) is 0.833. The number of aliphatic carboxylic acids is 1. The van der Waals surface area contributed by atoms with Gasteiger partial charge in [0.1, 0.15) is 13.1 Å². The molecule has 0 saturated carbocycles. The summed E-state index contributed by atoms with van der Waals surface area (Å²) in [5.41, 5.74) is 0. The Morgan fingerprint density at radius 1 is 1.30 bits per heavy atom. The number of alkyl halides is 3. The summed E-state index contributed by atoms with van der Waals surface area (Å²) >= 11 is 0. The van der Waals surface area contributed by atoms with Crippen LogP contribution in [0, 0.1) is 5.92 Å². The van der Waals surface area contributed by atoms with Gasteiger partial charge >= 0.3 is 18.2 Å². The third kappa shape index (κ3) is 4.90. The summed E-state index contributed by atoms with van der Waals surface area (Å²) in [6.07, 6.45) is -3.00. The molecule has 1 aliphatic rings. The van der Waals surface area contributed by atoms with E-state index in [4.69, 9.17) is 5.11 Å². The quantitative estimate of drug-likeness (QED) is 0.868. The van der Waals surface area contributed by atoms with E-state index in [9.17, 15) is 22.8 Å². The molecule has 1 rings (SSSR count). The predicted octanol–water partition coefficient (Wildman–Crippen LogP) is 2.18. The molecule has 20 heavy (non-hydrogen) atoms. The van der Waals surface area contributed by atoms with Gasteiger partial charge in [-0.3, -0.25) is 4.79 Å². The van der Waals surface area contributed by atoms with Gasteiger partial charge in [0.05, 0.1) is 0 Å². The summed E-state index contributed by atoms with van der Waals surface area (Å²) in [6, 6.07) is -1.04. The van der Waals surface area contributed by atoms with Crippen molar-refractivity contribution in [2.45, 2.75) is 38.9 Å². The third-order valence-corrected chi connectivity index (χ3v) is 3.33. The Morgan fingerprint density at radius 3 is 2.40 bits per heavy atom. The molecule has 1 fully saturated rings. The molecule has 0 aliphatic carbocycles. The summed E-state index contributed by atoms with van der Waals surface area (Å²) in [5.74, 6) is -1.26. The van der Waals surface area contributed by atoms with Gasteiger partial charge in [0, 0.05) is 12.6 Å². The number of likely N-dealkylation sites (tertiary alicyclic amines) is 1. The van der Waals surface area contributed by atoms with Gasteiger partial charge in [-0.15, -0.1) is 0 Å². The van der Waals surface area contributed by atoms with Crippen molar-refractivity contribution in [3.8, 4) is 0 Å². The summed E-state index contributed by atoms with van der Waals surface area (Å²) < 4.78 is 37.4. The average molecular weight is 296 g/mol. The molecule has 116 valence electrons. The van der Waals surface area contributed by atoms with Crippen molar-refractivity contribution in [3.63, 3.8) is 0 Å². The van der Waals surface area contributed by atoms with Gasteiger partial charge in [-0.05, 0) is 25.7 Å². The molecule has 1 heterocycles. The van der Waals surface area contributed by atoms with Crippen molar-refractivity contribution in [1.29, 1.82) is 0 Å². The lowest BCUT2D eigenvalue weighted by Crippen LogP contribution is -2.54. The van der Waals surface area contributed by atoms with Crippen LogP contribution in [0.1, 0.15) is 26.7 Å². The van der Waals surface area contributed by atoms with Crippen LogP contribution < -0.4 is 0 Å². The lowest BCUT2D eigenvalue weighted by atomic mass is 9.95. The molecule has 1 aliphatic heterocycles. The summed E-state index contributed by atoms with van der Waals surface area (Å²) in [7, 11) is 0. The zero-order valence-corrected chi connectivity index (χ0v) is 11.5. The van der Waals surface area contributed by atoms with E-state index in [1.807, 2.05) is 6.92 Å². The van der Waals surface area contributed by atoms with Crippen molar-refractivity contribution in [2.24, 2.45) is 5.92 Å². The van der Waals surface area contributed by atoms with E-state index in [1.54, 1.807) is 6.92 Å². The molecule has 2 unspecified atom stereocenters. The molecule has 1 saturated heterocycles. The lowest BCUT2D eigenvalue weighted by molar-refractivity contribution is -0.150. The molecule has 5 nitrogen and oxygen atoms in total. The van der Waals surface area contributed by atoms with Crippen LogP contribution in [-0.4, -0.2) is 58.8 Å². The van der Waals surface area contributed by atoms with E-state index < -0.39 is 31.3 Å². The van der Waals surface area contributed by atoms with Crippen molar-refractivity contribution in [1.82, 2.24) is 9.80 Å². The van der Waals surface area contributed by atoms with Crippen molar-refractivity contribution >= 4 is 12.0 Å². The molecule has 1 N–H and O–H groups in total. The Kier molecular flexibility index (Phi) is 5.24. The van der Waals surface area contributed by atoms with Gasteiger partial charge in [-0.1, -0.05) is 6.92 Å². The van der Waals surface area contributed by atoms with Crippen LogP contribution in [0.4, 0.5) is 18.0 Å². The highest BCUT2D eigenvalue weighted by molar-refractivity contribution is 5.80. The molecule has 8 heteroatoms. The van der Waals surface area contributed by atoms with Crippen LogP contribution in [0.3, 0.4) is 0 Å². The van der Waals surface area contributed by atoms with E-state index in [1.165, 1.54) is 4.90 Å². The minimum absolute atomic E-state index is 0.178. The monoisotopic (exact) mass is 296 g/mol. The number of amides is 2. The summed E-state index contributed by atoms with van der Waals surface area (Å²) in [6.45, 7) is 1.54. The molecule has 2 amide bonds. The average Bonchev–Trinajstić information content (AvgIpc) is 2.28. The molecule has 0 bridgehead atoms. The zero-order chi connectivity index (χ0) is 15.5. The maximum absolute atomic E-state index is 12.5. The summed E-state index contributed by atoms with van der Waals surface area (Å²) in [5, 5.41) is 8.67. The second-order valence-corrected chi connectivity index (χ2v) is 5.33. The fourth-order valence-electron chi connectivity index (χ4n) is 2.31. The standard InChI is InChI=1S/C12H19F3N2O3/c1-8-3-4-9(2)17(5-8)11(20)16(6-10(18)19)7-12(13,14)15/h8-9H,3-7H2,1-2H3,(H,18,19). The minimum atomic E-state index is -4.62. The highest BCUT2D eigenvalue weighted by Crippen LogP contribution is 2.24. The van der Waals surface area contributed by atoms with E-state index in [-0.39, 0.29) is 12.0 Å². The smallest absolute Gasteiger partial charge is 0.406 e. The molecule has 0 spiro atoms. The van der Waals surface area contributed by atoms with Crippen LogP contribution in [0.15, 0.2) is 0 Å². The van der Waals surface area contributed by atoms with Gasteiger partial charge in [0.2, 0.25) is 0 Å². The lowest BCUT2D eigenvalue weighted by Gasteiger charge is -2.39. The van der Waals surface area contributed by atoms with Crippen LogP contribution in [-0.2, 0) is 4.79 Å². The predicted molar refractivity (Wildman–Crippen MR) is 65.2 cm³/mol. The van der Waals surface area contributed by atoms with Gasteiger partial charge in [-0.25, -0.2) is 4.79 Å². The van der Waals surface area contributed by atoms with Crippen molar-refractivity contribution in [3.05, 3.63) is 0 Å². The number of rotatable bonds is 3. The van der Waals surface area contributed by atoms with Gasteiger partial charge in [0.15, 0.2) is 0 Å². The number of hydrogen-bond acceptors (Lipinski definition) is 2. The minimum Gasteiger partial charge on any atom is -0.480 e. The molecule has 0 aromatic rings. The van der Waals surface area contributed by atoms with Gasteiger partial charge in [0.25, 0.3) is 0 Å². The Labute approximate surface area is 115 Å². The molecule has 0 aromatic heterocycles. The summed E-state index contributed by atoms with van der Waals surface area (Å²) in [4.78, 5) is 24.5. The Morgan fingerprint density at radius 2 is 1.90 bits per heavy atom. The van der Waals surface area contributed by atoms with Gasteiger partial charge in [-0.2, -0.15) is 13.2 Å². The van der Waals surface area contributed by atoms with Gasteiger partial charge < -0.3 is 14.9 Å². The first-order chi connectivity index (χ1) is 9.10. The second kappa shape index (κ2) is 6.32. The second-order valence-electron chi connectivity index (χ2n) is 5.33. The SMILES string of the molecule is CC1CCC(C)N(C(=O)N(CC(=O)O)CC(F)(F)F)C1. The van der Waals surface area contributed by atoms with E-state index in [2.05, 4.69) is 0 Å². The molecule has 0 radical (unpaired) electrons. The first-order valence-electron chi connectivity index (χ1n) is 6.44. The number of piperidine rings is 1. The van der Waals surface area contributed by atoms with Crippen molar-refractivity contribution < 1.29 is 27.9 Å². The molecular formula is C12H19F3N2O3. The number of carbonyl (C=O) groups excluding carboxylic acids is 1. The first-order valence-corrected chi connectivity index (χ1v) is 6.44. The Balaban J connectivity index is 2.82. The van der Waals surface area contributed by atoms with E-state index in [0.717, 1.165) is 6.42 Å². The number of nitrogens with zero attached hydrogens (tertiary/aromatic N) is 2. The molecule has 0 aromatic carbocycles. The maximum Gasteiger partial charge on any atom is 0.406 e. The van der Waals surface area contributed by atoms with Crippen LogP contribution in [0.25, 0.3) is 0 Å². The number of carboxylic acid groups (broad SMARTS) is 1. The fourth-order valence-corrected chi connectivity index (χ4v) is 2.31. The largest absolute Gasteiger partial charge is 0.480 e. The Bertz CT molecular complexity index is 373. The number of hydrogen-bond donors (Lipinski definition) is 1. The van der Waals surface area contributed by atoms with Crippen molar-refractivity contribution in [2.75, 3.05) is 19.6 Å².